The summed E-state index contributed by atoms with van der Waals surface area (Å²) >= 11 is 0. The minimum Gasteiger partial charge on any atom is -0.369 e. The molecular formula is C15H22N4. The van der Waals surface area contributed by atoms with Crippen LogP contribution < -0.4 is 5.73 Å². The zero-order valence-electron chi connectivity index (χ0n) is 12.0. The lowest BCUT2D eigenvalue weighted by atomic mass is 9.75. The zero-order chi connectivity index (χ0) is 13.6. The van der Waals surface area contributed by atoms with Crippen molar-refractivity contribution >= 4 is 17.0 Å². The molecule has 102 valence electrons. The van der Waals surface area contributed by atoms with Crippen LogP contribution in [0.15, 0.2) is 18.2 Å². The van der Waals surface area contributed by atoms with E-state index >= 15 is 0 Å². The van der Waals surface area contributed by atoms with Crippen LogP contribution in [0.3, 0.4) is 0 Å². The van der Waals surface area contributed by atoms with Gasteiger partial charge >= 0.3 is 0 Å². The van der Waals surface area contributed by atoms with Crippen LogP contribution in [0.5, 0.6) is 0 Å². The monoisotopic (exact) mass is 258 g/mol. The molecule has 1 aromatic heterocycles. The summed E-state index contributed by atoms with van der Waals surface area (Å²) in [7, 11) is 4.34. The van der Waals surface area contributed by atoms with Crippen LogP contribution in [0, 0.1) is 6.92 Å². The van der Waals surface area contributed by atoms with E-state index in [4.69, 9.17) is 5.73 Å². The predicted molar refractivity (Wildman–Crippen MR) is 79.2 cm³/mol. The first-order valence-electron chi connectivity index (χ1n) is 6.92. The first kappa shape index (κ1) is 12.5. The van der Waals surface area contributed by atoms with E-state index in [9.17, 15) is 0 Å². The van der Waals surface area contributed by atoms with Gasteiger partial charge in [-0.3, -0.25) is 0 Å². The molecule has 0 atom stereocenters. The molecule has 0 spiro atoms. The first-order chi connectivity index (χ1) is 9.03. The maximum atomic E-state index is 6.14. The van der Waals surface area contributed by atoms with Gasteiger partial charge < -0.3 is 15.2 Å². The number of imidazole rings is 1. The molecule has 4 heteroatoms. The average Bonchev–Trinajstić information content (AvgIpc) is 2.60. The molecule has 1 aliphatic carbocycles. The quantitative estimate of drug-likeness (QED) is 0.919. The lowest BCUT2D eigenvalue weighted by Crippen LogP contribution is -2.53. The highest BCUT2D eigenvalue weighted by molar-refractivity contribution is 5.81. The van der Waals surface area contributed by atoms with E-state index in [1.54, 1.807) is 0 Å². The third-order valence-corrected chi connectivity index (χ3v) is 4.68. The van der Waals surface area contributed by atoms with Crippen molar-refractivity contribution in [3.05, 3.63) is 23.8 Å². The number of benzene rings is 1. The standard InChI is InChI=1S/C15H22N4/c1-11-6-4-7-12-13(11)19(14(16)17-12)10-15(18(2)3)8-5-9-15/h4,6-7H,5,8-10H2,1-3H3,(H2,16,17). The fraction of sp³-hybridized carbons (Fsp3) is 0.533. The van der Waals surface area contributed by atoms with Crippen LogP contribution in [-0.4, -0.2) is 34.1 Å². The Kier molecular flexibility index (Phi) is 2.78. The number of nitrogens with two attached hydrogens (primary N) is 1. The van der Waals surface area contributed by atoms with E-state index in [1.165, 1.54) is 30.3 Å². The van der Waals surface area contributed by atoms with E-state index in [2.05, 4.69) is 41.5 Å². The summed E-state index contributed by atoms with van der Waals surface area (Å²) in [6.07, 6.45) is 3.79. The summed E-state index contributed by atoms with van der Waals surface area (Å²) < 4.78 is 2.20. The van der Waals surface area contributed by atoms with E-state index in [1.807, 2.05) is 12.1 Å². The van der Waals surface area contributed by atoms with E-state index < -0.39 is 0 Å². The second-order valence-corrected chi connectivity index (χ2v) is 5.97. The van der Waals surface area contributed by atoms with E-state index in [0.717, 1.165) is 12.1 Å². The molecule has 4 nitrogen and oxygen atoms in total. The topological polar surface area (TPSA) is 47.1 Å². The van der Waals surface area contributed by atoms with Crippen LogP contribution in [0.2, 0.25) is 0 Å². The number of aromatic nitrogens is 2. The number of para-hydroxylation sites is 1. The van der Waals surface area contributed by atoms with Crippen LogP contribution >= 0.6 is 0 Å². The van der Waals surface area contributed by atoms with Crippen molar-refractivity contribution < 1.29 is 0 Å². The Morgan fingerprint density at radius 2 is 2.11 bits per heavy atom. The summed E-state index contributed by atoms with van der Waals surface area (Å²) in [5.41, 5.74) is 9.83. The summed E-state index contributed by atoms with van der Waals surface area (Å²) in [4.78, 5) is 6.85. The van der Waals surface area contributed by atoms with Gasteiger partial charge in [0.25, 0.3) is 0 Å². The Morgan fingerprint density at radius 3 is 2.68 bits per heavy atom. The third-order valence-electron chi connectivity index (χ3n) is 4.68. The molecule has 1 fully saturated rings. The molecule has 1 aliphatic rings. The van der Waals surface area contributed by atoms with Crippen LogP contribution in [-0.2, 0) is 6.54 Å². The smallest absolute Gasteiger partial charge is 0.201 e. The van der Waals surface area contributed by atoms with Crippen molar-refractivity contribution in [3.8, 4) is 0 Å². The fourth-order valence-electron chi connectivity index (χ4n) is 3.17. The van der Waals surface area contributed by atoms with Gasteiger partial charge in [0.15, 0.2) is 0 Å². The number of likely N-dealkylation sites (N-methyl/N-ethyl adjacent to an activating group) is 1. The number of hydrogen-bond donors (Lipinski definition) is 1. The molecule has 1 saturated carbocycles. The number of fused-ring (bicyclic) bond motifs is 1. The predicted octanol–water partition coefficient (Wildman–Crippen LogP) is 2.41. The molecule has 0 amide bonds. The van der Waals surface area contributed by atoms with Crippen molar-refractivity contribution in [1.82, 2.24) is 14.5 Å². The highest BCUT2D eigenvalue weighted by Crippen LogP contribution is 2.39. The van der Waals surface area contributed by atoms with Crippen molar-refractivity contribution in [3.63, 3.8) is 0 Å². The molecule has 0 radical (unpaired) electrons. The van der Waals surface area contributed by atoms with Crippen molar-refractivity contribution in [2.75, 3.05) is 19.8 Å². The Balaban J connectivity index is 2.08. The molecule has 0 bridgehead atoms. The molecule has 3 rings (SSSR count). The van der Waals surface area contributed by atoms with E-state index in [-0.39, 0.29) is 5.54 Å². The van der Waals surface area contributed by atoms with Gasteiger partial charge in [0.1, 0.15) is 0 Å². The Bertz CT molecular complexity index is 608. The van der Waals surface area contributed by atoms with Gasteiger partial charge in [0.05, 0.1) is 11.0 Å². The Labute approximate surface area is 114 Å². The molecule has 2 N–H and O–H groups in total. The second-order valence-electron chi connectivity index (χ2n) is 5.97. The largest absolute Gasteiger partial charge is 0.369 e. The molecule has 19 heavy (non-hydrogen) atoms. The summed E-state index contributed by atoms with van der Waals surface area (Å²) in [5.74, 6) is 0.637. The second kappa shape index (κ2) is 4.23. The molecule has 0 aliphatic heterocycles. The number of nitrogens with zero attached hydrogens (tertiary/aromatic N) is 3. The van der Waals surface area contributed by atoms with Gasteiger partial charge in [-0.15, -0.1) is 0 Å². The first-order valence-corrected chi connectivity index (χ1v) is 6.92. The summed E-state index contributed by atoms with van der Waals surface area (Å²) in [5, 5.41) is 0. The summed E-state index contributed by atoms with van der Waals surface area (Å²) in [6.45, 7) is 3.07. The SMILES string of the molecule is Cc1cccc2nc(N)n(CC3(N(C)C)CCC3)c12. The van der Waals surface area contributed by atoms with Crippen LogP contribution in [0.4, 0.5) is 5.95 Å². The van der Waals surface area contributed by atoms with Crippen LogP contribution in [0.1, 0.15) is 24.8 Å². The number of hydrogen-bond acceptors (Lipinski definition) is 3. The van der Waals surface area contributed by atoms with Gasteiger partial charge in [0, 0.05) is 12.1 Å². The minimum atomic E-state index is 0.254. The lowest BCUT2D eigenvalue weighted by molar-refractivity contribution is 0.0440. The van der Waals surface area contributed by atoms with Crippen molar-refractivity contribution in [2.45, 2.75) is 38.3 Å². The highest BCUT2D eigenvalue weighted by atomic mass is 15.2. The zero-order valence-corrected chi connectivity index (χ0v) is 12.0. The average molecular weight is 258 g/mol. The van der Waals surface area contributed by atoms with Gasteiger partial charge in [-0.1, -0.05) is 12.1 Å². The minimum absolute atomic E-state index is 0.254. The van der Waals surface area contributed by atoms with Crippen molar-refractivity contribution in [2.24, 2.45) is 0 Å². The Morgan fingerprint density at radius 1 is 1.37 bits per heavy atom. The maximum Gasteiger partial charge on any atom is 0.201 e. The number of anilines is 1. The molecule has 1 heterocycles. The number of rotatable bonds is 3. The molecule has 1 aromatic carbocycles. The molecule has 0 unspecified atom stereocenters. The fourth-order valence-corrected chi connectivity index (χ4v) is 3.17. The Hall–Kier alpha value is -1.55. The summed E-state index contributed by atoms with van der Waals surface area (Å²) in [6, 6.07) is 6.21. The van der Waals surface area contributed by atoms with Gasteiger partial charge in [-0.05, 0) is 51.9 Å². The van der Waals surface area contributed by atoms with E-state index in [0.29, 0.717) is 5.95 Å². The van der Waals surface area contributed by atoms with Gasteiger partial charge in [0.2, 0.25) is 5.95 Å². The number of nitrogen functional groups attached to an aromatic ring is 1. The maximum absolute atomic E-state index is 6.14. The van der Waals surface area contributed by atoms with Crippen molar-refractivity contribution in [1.29, 1.82) is 0 Å². The molecular weight excluding hydrogens is 236 g/mol. The highest BCUT2D eigenvalue weighted by Gasteiger charge is 2.40. The van der Waals surface area contributed by atoms with Gasteiger partial charge in [-0.25, -0.2) is 4.98 Å². The molecule has 0 saturated heterocycles. The molecule has 2 aromatic rings. The number of aryl methyl sites for hydroxylation is 1. The van der Waals surface area contributed by atoms with Crippen LogP contribution in [0.25, 0.3) is 11.0 Å². The van der Waals surface area contributed by atoms with Gasteiger partial charge in [-0.2, -0.15) is 0 Å². The normalized spacial score (nSPS) is 17.9. The third kappa shape index (κ3) is 1.82. The lowest BCUT2D eigenvalue weighted by Gasteiger charge is -2.47.